The van der Waals surface area contributed by atoms with Crippen LogP contribution in [0.15, 0.2) is 12.7 Å². The molecule has 1 saturated heterocycles. The monoisotopic (exact) mass is 197 g/mol. The Bertz CT molecular complexity index is 209. The maximum atomic E-state index is 11.3. The van der Waals surface area contributed by atoms with Gasteiger partial charge in [0.15, 0.2) is 0 Å². The van der Waals surface area contributed by atoms with Crippen LogP contribution in [0.1, 0.15) is 13.3 Å². The molecule has 3 N–H and O–H groups in total. The van der Waals surface area contributed by atoms with Crippen LogP contribution in [-0.2, 0) is 4.79 Å². The summed E-state index contributed by atoms with van der Waals surface area (Å²) in [5.74, 6) is 0.0259. The van der Waals surface area contributed by atoms with Crippen LogP contribution in [0.3, 0.4) is 0 Å². The zero-order chi connectivity index (χ0) is 10.4. The molecule has 0 aromatic rings. The first-order valence-corrected chi connectivity index (χ1v) is 5.00. The van der Waals surface area contributed by atoms with Gasteiger partial charge in [0, 0.05) is 18.6 Å². The third kappa shape index (κ3) is 3.47. The molecule has 0 spiro atoms. The zero-order valence-corrected chi connectivity index (χ0v) is 8.73. The first-order valence-electron chi connectivity index (χ1n) is 5.00. The smallest absolute Gasteiger partial charge is 0.234 e. The second-order valence-corrected chi connectivity index (χ2v) is 3.93. The molecular formula is C10H19N3O. The van der Waals surface area contributed by atoms with E-state index in [1.54, 1.807) is 6.08 Å². The van der Waals surface area contributed by atoms with Crippen molar-refractivity contribution >= 4 is 5.91 Å². The normalized spacial score (nSPS) is 26.1. The summed E-state index contributed by atoms with van der Waals surface area (Å²) in [6.45, 7) is 8.55. The molecular weight excluding hydrogens is 178 g/mol. The van der Waals surface area contributed by atoms with Crippen molar-refractivity contribution < 1.29 is 4.79 Å². The molecule has 14 heavy (non-hydrogen) atoms. The Balaban J connectivity index is 2.18. The molecule has 0 radical (unpaired) electrons. The molecule has 0 aromatic carbocycles. The van der Waals surface area contributed by atoms with Crippen molar-refractivity contribution in [2.45, 2.75) is 18.9 Å². The van der Waals surface area contributed by atoms with Gasteiger partial charge in [-0.15, -0.1) is 6.58 Å². The van der Waals surface area contributed by atoms with Gasteiger partial charge in [-0.3, -0.25) is 4.79 Å². The van der Waals surface area contributed by atoms with E-state index < -0.39 is 0 Å². The summed E-state index contributed by atoms with van der Waals surface area (Å²) >= 11 is 0. The molecule has 1 amide bonds. The molecule has 1 rings (SSSR count). The predicted molar refractivity (Wildman–Crippen MR) is 57.1 cm³/mol. The number of nitrogens with one attached hydrogen (secondary N) is 3. The summed E-state index contributed by atoms with van der Waals surface area (Å²) in [4.78, 5) is 11.3. The fraction of sp³-hybridized carbons (Fsp3) is 0.700. The van der Waals surface area contributed by atoms with Crippen molar-refractivity contribution in [3.05, 3.63) is 12.7 Å². The molecule has 1 aliphatic rings. The summed E-state index contributed by atoms with van der Waals surface area (Å²) in [5, 5.41) is 9.26. The highest BCUT2D eigenvalue weighted by Gasteiger charge is 2.27. The zero-order valence-electron chi connectivity index (χ0n) is 8.73. The number of rotatable bonds is 5. The molecule has 0 bridgehead atoms. The molecule has 1 unspecified atom stereocenters. The maximum absolute atomic E-state index is 11.3. The average molecular weight is 197 g/mol. The second kappa shape index (κ2) is 5.12. The Morgan fingerprint density at radius 3 is 3.07 bits per heavy atom. The van der Waals surface area contributed by atoms with Gasteiger partial charge in [-0.05, 0) is 19.9 Å². The molecule has 1 fully saturated rings. The van der Waals surface area contributed by atoms with Crippen molar-refractivity contribution in [3.8, 4) is 0 Å². The third-order valence-electron chi connectivity index (χ3n) is 2.49. The van der Waals surface area contributed by atoms with Gasteiger partial charge in [0.1, 0.15) is 0 Å². The van der Waals surface area contributed by atoms with Gasteiger partial charge in [0.05, 0.1) is 6.54 Å². The van der Waals surface area contributed by atoms with E-state index in [9.17, 15) is 4.79 Å². The van der Waals surface area contributed by atoms with E-state index in [4.69, 9.17) is 0 Å². The quantitative estimate of drug-likeness (QED) is 0.527. The lowest BCUT2D eigenvalue weighted by Crippen LogP contribution is -2.48. The average Bonchev–Trinajstić information content (AvgIpc) is 2.60. The topological polar surface area (TPSA) is 53.2 Å². The van der Waals surface area contributed by atoms with Crippen molar-refractivity contribution in [2.75, 3.05) is 26.2 Å². The van der Waals surface area contributed by atoms with E-state index >= 15 is 0 Å². The van der Waals surface area contributed by atoms with Crippen LogP contribution in [0.4, 0.5) is 0 Å². The minimum atomic E-state index is 0.0259. The van der Waals surface area contributed by atoms with Crippen molar-refractivity contribution in [1.82, 2.24) is 16.0 Å². The van der Waals surface area contributed by atoms with Crippen LogP contribution in [0.5, 0.6) is 0 Å². The lowest BCUT2D eigenvalue weighted by Gasteiger charge is -2.23. The lowest BCUT2D eigenvalue weighted by atomic mass is 10.0. The van der Waals surface area contributed by atoms with Crippen LogP contribution >= 0.6 is 0 Å². The molecule has 80 valence electrons. The standard InChI is InChI=1S/C10H19N3O/c1-3-5-12-9(14)7-13-10(2)4-6-11-8-10/h3,11,13H,1,4-8H2,2H3,(H,12,14). The highest BCUT2D eigenvalue weighted by Crippen LogP contribution is 2.12. The van der Waals surface area contributed by atoms with E-state index in [-0.39, 0.29) is 11.4 Å². The molecule has 0 aromatic heterocycles. The highest BCUT2D eigenvalue weighted by molar-refractivity contribution is 5.78. The third-order valence-corrected chi connectivity index (χ3v) is 2.49. The summed E-state index contributed by atoms with van der Waals surface area (Å²) in [5.41, 5.74) is 0.0749. The van der Waals surface area contributed by atoms with Crippen molar-refractivity contribution in [2.24, 2.45) is 0 Å². The summed E-state index contributed by atoms with van der Waals surface area (Å²) in [6.07, 6.45) is 2.75. The van der Waals surface area contributed by atoms with Crippen LogP contribution in [0.2, 0.25) is 0 Å². The molecule has 1 heterocycles. The van der Waals surface area contributed by atoms with E-state index in [0.717, 1.165) is 19.5 Å². The Labute approximate surface area is 85.1 Å². The Morgan fingerprint density at radius 1 is 1.71 bits per heavy atom. The van der Waals surface area contributed by atoms with E-state index in [0.29, 0.717) is 13.1 Å². The summed E-state index contributed by atoms with van der Waals surface area (Å²) in [6, 6.07) is 0. The largest absolute Gasteiger partial charge is 0.352 e. The van der Waals surface area contributed by atoms with Gasteiger partial charge in [-0.2, -0.15) is 0 Å². The number of amides is 1. The van der Waals surface area contributed by atoms with Gasteiger partial charge < -0.3 is 16.0 Å². The van der Waals surface area contributed by atoms with Crippen molar-refractivity contribution in [1.29, 1.82) is 0 Å². The molecule has 4 nitrogen and oxygen atoms in total. The molecule has 1 aliphatic heterocycles. The fourth-order valence-corrected chi connectivity index (χ4v) is 1.51. The Kier molecular flexibility index (Phi) is 4.10. The molecule has 0 saturated carbocycles. The first-order chi connectivity index (χ1) is 6.66. The summed E-state index contributed by atoms with van der Waals surface area (Å²) in [7, 11) is 0. The van der Waals surface area contributed by atoms with Crippen LogP contribution < -0.4 is 16.0 Å². The van der Waals surface area contributed by atoms with Crippen LogP contribution in [0.25, 0.3) is 0 Å². The number of carbonyl (C=O) groups excluding carboxylic acids is 1. The minimum absolute atomic E-state index is 0.0259. The van der Waals surface area contributed by atoms with Gasteiger partial charge in [-0.25, -0.2) is 0 Å². The number of hydrogen-bond acceptors (Lipinski definition) is 3. The van der Waals surface area contributed by atoms with Gasteiger partial charge >= 0.3 is 0 Å². The molecule has 1 atom stereocenters. The number of hydrogen-bond donors (Lipinski definition) is 3. The van der Waals surface area contributed by atoms with Gasteiger partial charge in [0.25, 0.3) is 0 Å². The summed E-state index contributed by atoms with van der Waals surface area (Å²) < 4.78 is 0. The van der Waals surface area contributed by atoms with E-state index in [1.807, 2.05) is 0 Å². The predicted octanol–water partition coefficient (Wildman–Crippen LogP) is -0.370. The molecule has 0 aliphatic carbocycles. The highest BCUT2D eigenvalue weighted by atomic mass is 16.1. The number of carbonyl (C=O) groups is 1. The van der Waals surface area contributed by atoms with E-state index in [2.05, 4.69) is 29.5 Å². The Morgan fingerprint density at radius 2 is 2.50 bits per heavy atom. The van der Waals surface area contributed by atoms with Crippen molar-refractivity contribution in [3.63, 3.8) is 0 Å². The second-order valence-electron chi connectivity index (χ2n) is 3.93. The molecule has 4 heteroatoms. The maximum Gasteiger partial charge on any atom is 0.234 e. The lowest BCUT2D eigenvalue weighted by molar-refractivity contribution is -0.120. The first kappa shape index (κ1) is 11.2. The van der Waals surface area contributed by atoms with Crippen LogP contribution in [0, 0.1) is 0 Å². The minimum Gasteiger partial charge on any atom is -0.352 e. The Hall–Kier alpha value is -0.870. The fourth-order valence-electron chi connectivity index (χ4n) is 1.51. The van der Waals surface area contributed by atoms with E-state index in [1.165, 1.54) is 0 Å². The SMILES string of the molecule is C=CCNC(=O)CNC1(C)CCNC1. The van der Waals surface area contributed by atoms with Crippen LogP contribution in [-0.4, -0.2) is 37.6 Å². The van der Waals surface area contributed by atoms with Gasteiger partial charge in [-0.1, -0.05) is 6.08 Å². The van der Waals surface area contributed by atoms with Gasteiger partial charge in [0.2, 0.25) is 5.91 Å².